The van der Waals surface area contributed by atoms with Crippen molar-refractivity contribution in [3.63, 3.8) is 0 Å². The van der Waals surface area contributed by atoms with E-state index in [-0.39, 0.29) is 11.3 Å². The third-order valence-corrected chi connectivity index (χ3v) is 8.00. The second kappa shape index (κ2) is 9.42. The SMILES string of the molecule is CC(C)(C)[C@@H]1CCc2c(sc(N=Cc3cccc(Cl)c3Cl)c2C(=O)NCc2ccco2)C1. The minimum absolute atomic E-state index is 0.127. The van der Waals surface area contributed by atoms with Crippen molar-refractivity contribution in [1.82, 2.24) is 5.32 Å². The predicted molar refractivity (Wildman–Crippen MR) is 133 cm³/mol. The number of halogens is 2. The molecule has 168 valence electrons. The zero-order valence-corrected chi connectivity index (χ0v) is 20.7. The Hall–Kier alpha value is -2.08. The molecule has 0 fully saturated rings. The predicted octanol–water partition coefficient (Wildman–Crippen LogP) is 7.48. The second-order valence-corrected chi connectivity index (χ2v) is 11.0. The molecular weight excluding hydrogens is 463 g/mol. The summed E-state index contributed by atoms with van der Waals surface area (Å²) in [4.78, 5) is 19.2. The molecule has 3 aromatic rings. The van der Waals surface area contributed by atoms with Crippen molar-refractivity contribution in [3.05, 3.63) is 74.0 Å². The van der Waals surface area contributed by atoms with Crippen LogP contribution in [-0.2, 0) is 19.4 Å². The van der Waals surface area contributed by atoms with Crippen LogP contribution >= 0.6 is 34.5 Å². The molecule has 4 rings (SSSR count). The Morgan fingerprint density at radius 3 is 2.81 bits per heavy atom. The maximum absolute atomic E-state index is 13.2. The van der Waals surface area contributed by atoms with E-state index in [2.05, 4.69) is 26.1 Å². The van der Waals surface area contributed by atoms with Gasteiger partial charge in [0.2, 0.25) is 0 Å². The van der Waals surface area contributed by atoms with Crippen LogP contribution in [-0.4, -0.2) is 12.1 Å². The Labute approximate surface area is 202 Å². The van der Waals surface area contributed by atoms with Gasteiger partial charge in [-0.05, 0) is 54.4 Å². The van der Waals surface area contributed by atoms with Gasteiger partial charge in [0.15, 0.2) is 0 Å². The number of nitrogens with one attached hydrogen (secondary N) is 1. The molecule has 0 unspecified atom stereocenters. The Bertz CT molecular complexity index is 1140. The smallest absolute Gasteiger partial charge is 0.255 e. The summed E-state index contributed by atoms with van der Waals surface area (Å²) in [6.45, 7) is 7.19. The minimum atomic E-state index is -0.127. The number of nitrogens with zero attached hydrogens (tertiary/aromatic N) is 1. The average Bonchev–Trinajstić information content (AvgIpc) is 3.39. The fraction of sp³-hybridized carbons (Fsp3) is 0.360. The maximum atomic E-state index is 13.2. The molecule has 1 aliphatic carbocycles. The van der Waals surface area contributed by atoms with Crippen molar-refractivity contribution in [2.75, 3.05) is 0 Å². The lowest BCUT2D eigenvalue weighted by Gasteiger charge is -2.33. The molecular formula is C25H26Cl2N2O2S. The van der Waals surface area contributed by atoms with Gasteiger partial charge in [-0.25, -0.2) is 4.99 Å². The van der Waals surface area contributed by atoms with Crippen molar-refractivity contribution < 1.29 is 9.21 Å². The average molecular weight is 489 g/mol. The number of carbonyl (C=O) groups is 1. The summed E-state index contributed by atoms with van der Waals surface area (Å²) >= 11 is 14.1. The fourth-order valence-corrected chi connectivity index (χ4v) is 5.68. The van der Waals surface area contributed by atoms with Gasteiger partial charge in [0.25, 0.3) is 5.91 Å². The summed E-state index contributed by atoms with van der Waals surface area (Å²) < 4.78 is 5.36. The first-order chi connectivity index (χ1) is 15.2. The molecule has 1 amide bonds. The van der Waals surface area contributed by atoms with E-state index in [1.165, 1.54) is 4.88 Å². The molecule has 0 bridgehead atoms. The van der Waals surface area contributed by atoms with Crippen molar-refractivity contribution in [2.24, 2.45) is 16.3 Å². The molecule has 0 spiro atoms. The lowest BCUT2D eigenvalue weighted by Crippen LogP contribution is -2.28. The molecule has 7 heteroatoms. The third kappa shape index (κ3) is 4.95. The van der Waals surface area contributed by atoms with E-state index < -0.39 is 0 Å². The van der Waals surface area contributed by atoms with Crippen LogP contribution in [0.5, 0.6) is 0 Å². The number of hydrogen-bond acceptors (Lipinski definition) is 4. The normalized spacial score (nSPS) is 16.3. The van der Waals surface area contributed by atoms with Gasteiger partial charge in [-0.1, -0.05) is 56.1 Å². The van der Waals surface area contributed by atoms with E-state index in [0.717, 1.165) is 30.4 Å². The minimum Gasteiger partial charge on any atom is -0.467 e. The number of hydrogen-bond donors (Lipinski definition) is 1. The Morgan fingerprint density at radius 2 is 2.09 bits per heavy atom. The molecule has 1 aliphatic rings. The highest BCUT2D eigenvalue weighted by Crippen LogP contribution is 2.45. The molecule has 0 aliphatic heterocycles. The lowest BCUT2D eigenvalue weighted by molar-refractivity contribution is 0.0947. The highest BCUT2D eigenvalue weighted by Gasteiger charge is 2.33. The highest BCUT2D eigenvalue weighted by molar-refractivity contribution is 7.16. The first-order valence-electron chi connectivity index (χ1n) is 10.7. The number of fused-ring (bicyclic) bond motifs is 1. The highest BCUT2D eigenvalue weighted by atomic mass is 35.5. The number of benzene rings is 1. The molecule has 1 N–H and O–H groups in total. The van der Waals surface area contributed by atoms with Gasteiger partial charge < -0.3 is 9.73 Å². The van der Waals surface area contributed by atoms with E-state index in [9.17, 15) is 4.79 Å². The summed E-state index contributed by atoms with van der Waals surface area (Å²) in [5.74, 6) is 1.16. The second-order valence-electron chi connectivity index (χ2n) is 9.15. The van der Waals surface area contributed by atoms with Gasteiger partial charge in [0, 0.05) is 16.7 Å². The van der Waals surface area contributed by atoms with Crippen LogP contribution in [0, 0.1) is 11.3 Å². The zero-order chi connectivity index (χ0) is 22.9. The Morgan fingerprint density at radius 1 is 1.28 bits per heavy atom. The van der Waals surface area contributed by atoms with E-state index in [1.807, 2.05) is 24.3 Å². The summed E-state index contributed by atoms with van der Waals surface area (Å²) in [7, 11) is 0. The zero-order valence-electron chi connectivity index (χ0n) is 18.4. The monoisotopic (exact) mass is 488 g/mol. The first-order valence-corrected chi connectivity index (χ1v) is 12.2. The van der Waals surface area contributed by atoms with E-state index in [1.54, 1.807) is 29.9 Å². The number of carbonyl (C=O) groups excluding carboxylic acids is 1. The molecule has 2 heterocycles. The van der Waals surface area contributed by atoms with Crippen LogP contribution < -0.4 is 5.32 Å². The molecule has 32 heavy (non-hydrogen) atoms. The maximum Gasteiger partial charge on any atom is 0.255 e. The third-order valence-electron chi connectivity index (χ3n) is 6.00. The fourth-order valence-electron chi connectivity index (χ4n) is 4.05. The van der Waals surface area contributed by atoms with Crippen molar-refractivity contribution in [3.8, 4) is 0 Å². The summed E-state index contributed by atoms with van der Waals surface area (Å²) in [6, 6.07) is 9.09. The van der Waals surface area contributed by atoms with Crippen LogP contribution in [0.2, 0.25) is 10.0 Å². The quantitative estimate of drug-likeness (QED) is 0.378. The van der Waals surface area contributed by atoms with Crippen LogP contribution in [0.25, 0.3) is 0 Å². The van der Waals surface area contributed by atoms with E-state index in [0.29, 0.717) is 38.8 Å². The van der Waals surface area contributed by atoms with Crippen LogP contribution in [0.4, 0.5) is 5.00 Å². The van der Waals surface area contributed by atoms with Crippen LogP contribution in [0.3, 0.4) is 0 Å². The van der Waals surface area contributed by atoms with E-state index >= 15 is 0 Å². The molecule has 0 radical (unpaired) electrons. The van der Waals surface area contributed by atoms with Gasteiger partial charge in [0.1, 0.15) is 10.8 Å². The topological polar surface area (TPSA) is 54.6 Å². The number of thiophene rings is 1. The molecule has 0 saturated heterocycles. The van der Waals surface area contributed by atoms with Gasteiger partial charge in [-0.15, -0.1) is 11.3 Å². The number of rotatable bonds is 5. The number of aliphatic imine (C=N–C) groups is 1. The number of amides is 1. The summed E-state index contributed by atoms with van der Waals surface area (Å²) in [6.07, 6.45) is 6.20. The van der Waals surface area contributed by atoms with Crippen LogP contribution in [0.15, 0.2) is 46.0 Å². The molecule has 4 nitrogen and oxygen atoms in total. The Kier molecular flexibility index (Phi) is 6.80. The van der Waals surface area contributed by atoms with Gasteiger partial charge in [-0.2, -0.15) is 0 Å². The van der Waals surface area contributed by atoms with Crippen molar-refractivity contribution in [2.45, 2.75) is 46.6 Å². The lowest BCUT2D eigenvalue weighted by atomic mass is 9.72. The van der Waals surface area contributed by atoms with Gasteiger partial charge in [0.05, 0.1) is 28.4 Å². The Balaban J connectivity index is 1.68. The van der Waals surface area contributed by atoms with Gasteiger partial charge in [-0.3, -0.25) is 4.79 Å². The summed E-state index contributed by atoms with van der Waals surface area (Å²) in [5, 5.41) is 4.63. The molecule has 0 saturated carbocycles. The van der Waals surface area contributed by atoms with Gasteiger partial charge >= 0.3 is 0 Å². The molecule has 1 aromatic carbocycles. The van der Waals surface area contributed by atoms with Crippen molar-refractivity contribution >= 4 is 51.7 Å². The first kappa shape index (κ1) is 23.1. The van der Waals surface area contributed by atoms with Crippen molar-refractivity contribution in [1.29, 1.82) is 0 Å². The molecule has 1 atom stereocenters. The number of furan rings is 1. The molecule has 2 aromatic heterocycles. The van der Waals surface area contributed by atoms with Crippen LogP contribution in [0.1, 0.15) is 59.3 Å². The standard InChI is InChI=1S/C25H26Cl2N2O2S/c1-25(2,3)16-9-10-18-20(12-16)32-24(29-13-15-6-4-8-19(26)22(15)27)21(18)23(30)28-14-17-7-5-11-31-17/h4-8,11,13,16H,9-10,12,14H2,1-3H3,(H,28,30)/t16-/m1/s1. The van der Waals surface area contributed by atoms with E-state index in [4.69, 9.17) is 32.6 Å². The largest absolute Gasteiger partial charge is 0.467 e. The summed E-state index contributed by atoms with van der Waals surface area (Å²) in [5.41, 5.74) is 2.73.